The lowest BCUT2D eigenvalue weighted by Gasteiger charge is -2.41. The Balaban J connectivity index is 2.04. The van der Waals surface area contributed by atoms with E-state index in [0.29, 0.717) is 31.5 Å². The summed E-state index contributed by atoms with van der Waals surface area (Å²) in [5.41, 5.74) is -0.979. The first-order chi connectivity index (χ1) is 12.9. The number of piperidine rings is 1. The number of halogens is 2. The second-order valence-electron chi connectivity index (χ2n) is 6.70. The Morgan fingerprint density at radius 2 is 1.93 bits per heavy atom. The minimum Gasteiger partial charge on any atom is -0.356 e. The molecule has 0 radical (unpaired) electrons. The summed E-state index contributed by atoms with van der Waals surface area (Å²) < 4.78 is 19.7. The van der Waals surface area contributed by atoms with Crippen LogP contribution >= 0.6 is 11.6 Å². The average molecular weight is 401 g/mol. The molecule has 1 unspecified atom stereocenters. The molecule has 0 aliphatic carbocycles. The molecule has 3 rings (SSSR count). The summed E-state index contributed by atoms with van der Waals surface area (Å²) in [5.74, 6) is -3.03. The first kappa shape index (κ1) is 20.2. The molecule has 148 valence electrons. The highest BCUT2D eigenvalue weighted by atomic mass is 35.5. The standard InChI is InChI=1S/C18H22ClFN2O5/c1-11-4-5-12(19)13(15(11)20)14-16(23)18(6-8-21(26-3)9-7-18)22(17(14)24)27-10-25-2/h4-5,14H,6-10H2,1-3H3. The van der Waals surface area contributed by atoms with Crippen LogP contribution in [-0.2, 0) is 24.0 Å². The predicted octanol–water partition coefficient (Wildman–Crippen LogP) is 2.21. The van der Waals surface area contributed by atoms with Gasteiger partial charge >= 0.3 is 0 Å². The summed E-state index contributed by atoms with van der Waals surface area (Å²) in [6, 6.07) is 3.01. The maximum Gasteiger partial charge on any atom is 0.262 e. The molecular formula is C18H22ClFN2O5. The van der Waals surface area contributed by atoms with E-state index in [1.54, 1.807) is 19.1 Å². The molecular weight excluding hydrogens is 379 g/mol. The topological polar surface area (TPSA) is 68.3 Å². The van der Waals surface area contributed by atoms with Crippen LogP contribution in [0.25, 0.3) is 0 Å². The predicted molar refractivity (Wildman–Crippen MR) is 94.2 cm³/mol. The molecule has 2 aliphatic rings. The van der Waals surface area contributed by atoms with Crippen molar-refractivity contribution in [3.63, 3.8) is 0 Å². The number of hydrogen-bond acceptors (Lipinski definition) is 6. The van der Waals surface area contributed by atoms with E-state index in [1.807, 2.05) is 0 Å². The number of amides is 1. The molecule has 7 nitrogen and oxygen atoms in total. The van der Waals surface area contributed by atoms with Gasteiger partial charge in [-0.25, -0.2) is 14.3 Å². The third-order valence-corrected chi connectivity index (χ3v) is 5.60. The fourth-order valence-electron chi connectivity index (χ4n) is 3.79. The van der Waals surface area contributed by atoms with Gasteiger partial charge in [0.05, 0.1) is 7.11 Å². The number of ether oxygens (including phenoxy) is 1. The van der Waals surface area contributed by atoms with Gasteiger partial charge in [0.2, 0.25) is 0 Å². The van der Waals surface area contributed by atoms with E-state index < -0.39 is 29.0 Å². The number of rotatable bonds is 5. The highest BCUT2D eigenvalue weighted by Crippen LogP contribution is 2.45. The van der Waals surface area contributed by atoms with Crippen molar-refractivity contribution in [1.29, 1.82) is 0 Å². The third kappa shape index (κ3) is 3.25. The smallest absolute Gasteiger partial charge is 0.262 e. The summed E-state index contributed by atoms with van der Waals surface area (Å²) >= 11 is 6.18. The van der Waals surface area contributed by atoms with Gasteiger partial charge in [-0.1, -0.05) is 17.7 Å². The lowest BCUT2D eigenvalue weighted by atomic mass is 9.80. The van der Waals surface area contributed by atoms with Gasteiger partial charge in [0, 0.05) is 30.8 Å². The first-order valence-electron chi connectivity index (χ1n) is 8.61. The summed E-state index contributed by atoms with van der Waals surface area (Å²) in [6.45, 7) is 2.22. The molecule has 0 bridgehead atoms. The molecule has 1 amide bonds. The van der Waals surface area contributed by atoms with Gasteiger partial charge < -0.3 is 9.57 Å². The first-order valence-corrected chi connectivity index (χ1v) is 8.99. The lowest BCUT2D eigenvalue weighted by Crippen LogP contribution is -2.56. The summed E-state index contributed by atoms with van der Waals surface area (Å²) in [7, 11) is 2.96. The molecule has 27 heavy (non-hydrogen) atoms. The Morgan fingerprint density at radius 1 is 1.26 bits per heavy atom. The molecule has 0 N–H and O–H groups in total. The van der Waals surface area contributed by atoms with Crippen LogP contribution in [0.2, 0.25) is 5.02 Å². The van der Waals surface area contributed by atoms with Gasteiger partial charge in [0.15, 0.2) is 12.6 Å². The fraction of sp³-hybridized carbons (Fsp3) is 0.556. The quantitative estimate of drug-likeness (QED) is 0.557. The number of methoxy groups -OCH3 is 1. The molecule has 1 aromatic rings. The van der Waals surface area contributed by atoms with Crippen molar-refractivity contribution in [2.75, 3.05) is 34.1 Å². The van der Waals surface area contributed by atoms with Gasteiger partial charge in [-0.15, -0.1) is 0 Å². The van der Waals surface area contributed by atoms with Gasteiger partial charge in [-0.2, -0.15) is 5.06 Å². The molecule has 2 fully saturated rings. The van der Waals surface area contributed by atoms with Crippen molar-refractivity contribution < 1.29 is 28.4 Å². The number of aryl methyl sites for hydroxylation is 1. The molecule has 1 spiro atoms. The van der Waals surface area contributed by atoms with E-state index >= 15 is 0 Å². The molecule has 1 atom stereocenters. The van der Waals surface area contributed by atoms with Crippen LogP contribution in [0, 0.1) is 12.7 Å². The highest BCUT2D eigenvalue weighted by molar-refractivity contribution is 6.32. The zero-order chi connectivity index (χ0) is 19.8. The van der Waals surface area contributed by atoms with E-state index in [2.05, 4.69) is 0 Å². The zero-order valence-electron chi connectivity index (χ0n) is 15.5. The number of ketones is 1. The Bertz CT molecular complexity index is 752. The third-order valence-electron chi connectivity index (χ3n) is 5.27. The van der Waals surface area contributed by atoms with Crippen molar-refractivity contribution in [2.24, 2.45) is 0 Å². The molecule has 2 aliphatic heterocycles. The number of hydrogen-bond donors (Lipinski definition) is 0. The van der Waals surface area contributed by atoms with Crippen LogP contribution < -0.4 is 0 Å². The van der Waals surface area contributed by atoms with Crippen LogP contribution in [0.5, 0.6) is 0 Å². The van der Waals surface area contributed by atoms with Crippen molar-refractivity contribution in [1.82, 2.24) is 10.1 Å². The van der Waals surface area contributed by atoms with Gasteiger partial charge in [0.25, 0.3) is 5.91 Å². The van der Waals surface area contributed by atoms with E-state index in [0.717, 1.165) is 5.06 Å². The van der Waals surface area contributed by atoms with Gasteiger partial charge in [0.1, 0.15) is 17.3 Å². The number of hydroxylamine groups is 4. The molecule has 2 heterocycles. The lowest BCUT2D eigenvalue weighted by molar-refractivity contribution is -0.256. The monoisotopic (exact) mass is 400 g/mol. The number of carbonyl (C=O) groups is 2. The maximum absolute atomic E-state index is 14.8. The van der Waals surface area contributed by atoms with Crippen LogP contribution in [-0.4, -0.2) is 61.5 Å². The van der Waals surface area contributed by atoms with Crippen molar-refractivity contribution in [2.45, 2.75) is 31.2 Å². The Morgan fingerprint density at radius 3 is 2.52 bits per heavy atom. The van der Waals surface area contributed by atoms with Crippen LogP contribution in [0.15, 0.2) is 12.1 Å². The normalized spacial score (nSPS) is 22.9. The number of Topliss-reactive ketones (excluding diaryl/α,β-unsaturated/α-hetero) is 1. The van der Waals surface area contributed by atoms with E-state index in [-0.39, 0.29) is 17.4 Å². The maximum atomic E-state index is 14.8. The Hall–Kier alpha value is -1.58. The molecule has 1 aromatic carbocycles. The summed E-state index contributed by atoms with van der Waals surface area (Å²) in [4.78, 5) is 37.2. The molecule has 0 saturated carbocycles. The number of benzene rings is 1. The fourth-order valence-corrected chi connectivity index (χ4v) is 4.04. The average Bonchev–Trinajstić information content (AvgIpc) is 2.86. The number of carbonyl (C=O) groups excluding carboxylic acids is 2. The van der Waals surface area contributed by atoms with Crippen molar-refractivity contribution in [3.05, 3.63) is 34.1 Å². The second kappa shape index (κ2) is 7.81. The van der Waals surface area contributed by atoms with E-state index in [9.17, 15) is 14.0 Å². The number of nitrogens with zero attached hydrogens (tertiary/aromatic N) is 2. The van der Waals surface area contributed by atoms with Gasteiger partial charge in [-0.05, 0) is 31.4 Å². The van der Waals surface area contributed by atoms with Gasteiger partial charge in [-0.3, -0.25) is 9.59 Å². The Kier molecular flexibility index (Phi) is 5.83. The largest absolute Gasteiger partial charge is 0.356 e. The molecule has 0 aromatic heterocycles. The summed E-state index contributed by atoms with van der Waals surface area (Å²) in [5, 5.41) is 2.81. The van der Waals surface area contributed by atoms with Crippen molar-refractivity contribution in [3.8, 4) is 0 Å². The van der Waals surface area contributed by atoms with Crippen LogP contribution in [0.1, 0.15) is 29.9 Å². The van der Waals surface area contributed by atoms with Crippen molar-refractivity contribution >= 4 is 23.3 Å². The van der Waals surface area contributed by atoms with Crippen LogP contribution in [0.3, 0.4) is 0 Å². The SMILES string of the molecule is COCON1C(=O)C(c2c(Cl)ccc(C)c2F)C(=O)C12CCN(OC)CC2. The minimum absolute atomic E-state index is 0.0443. The zero-order valence-corrected chi connectivity index (χ0v) is 16.2. The highest BCUT2D eigenvalue weighted by Gasteiger charge is 2.61. The van der Waals surface area contributed by atoms with Crippen LogP contribution in [0.4, 0.5) is 4.39 Å². The molecule has 9 heteroatoms. The van der Waals surface area contributed by atoms with E-state index in [4.69, 9.17) is 26.0 Å². The molecule has 2 saturated heterocycles. The van der Waals surface area contributed by atoms with E-state index in [1.165, 1.54) is 19.2 Å². The minimum atomic E-state index is -1.34. The Labute approximate surface area is 161 Å². The second-order valence-corrected chi connectivity index (χ2v) is 7.11. The summed E-state index contributed by atoms with van der Waals surface area (Å²) in [6.07, 6.45) is 0.605.